The van der Waals surface area contributed by atoms with Crippen LogP contribution in [0.1, 0.15) is 25.7 Å². The van der Waals surface area contributed by atoms with Crippen molar-refractivity contribution in [3.8, 4) is 0 Å². The molecule has 0 unspecified atom stereocenters. The van der Waals surface area contributed by atoms with E-state index in [9.17, 15) is 5.11 Å². The van der Waals surface area contributed by atoms with E-state index >= 15 is 0 Å². The fourth-order valence-electron chi connectivity index (χ4n) is 2.38. The number of aliphatic hydroxyl groups excluding tert-OH is 1. The number of aromatic nitrogens is 3. The first kappa shape index (κ1) is 10.5. The second-order valence-electron chi connectivity index (χ2n) is 4.59. The Kier molecular flexibility index (Phi) is 2.68. The molecule has 1 aliphatic rings. The molecule has 5 nitrogen and oxygen atoms in total. The van der Waals surface area contributed by atoms with Crippen molar-refractivity contribution in [2.45, 2.75) is 37.8 Å². The molecule has 1 fully saturated rings. The molecule has 0 saturated heterocycles. The van der Waals surface area contributed by atoms with Gasteiger partial charge >= 0.3 is 0 Å². The summed E-state index contributed by atoms with van der Waals surface area (Å²) in [6, 6.07) is 6.34. The van der Waals surface area contributed by atoms with Crippen LogP contribution in [0.4, 0.5) is 5.82 Å². The Morgan fingerprint density at radius 3 is 2.88 bits per heavy atom. The van der Waals surface area contributed by atoms with Crippen LogP contribution in [0.5, 0.6) is 0 Å². The van der Waals surface area contributed by atoms with Gasteiger partial charge in [0.25, 0.3) is 0 Å². The smallest absolute Gasteiger partial charge is 0.157 e. The average Bonchev–Trinajstić information content (AvgIpc) is 2.81. The number of hydrogen-bond donors (Lipinski definition) is 2. The van der Waals surface area contributed by atoms with Crippen LogP contribution < -0.4 is 5.32 Å². The van der Waals surface area contributed by atoms with Crippen LogP contribution in [0.2, 0.25) is 0 Å². The summed E-state index contributed by atoms with van der Waals surface area (Å²) >= 11 is 0. The SMILES string of the molecule is OC1CCC(Nc2cccc3ncnn23)CC1. The molecule has 2 N–H and O–H groups in total. The first-order chi connectivity index (χ1) is 8.33. The molecule has 2 aromatic rings. The molecule has 0 radical (unpaired) electrons. The van der Waals surface area contributed by atoms with Crippen LogP contribution >= 0.6 is 0 Å². The highest BCUT2D eigenvalue weighted by Crippen LogP contribution is 2.22. The predicted octanol–water partition coefficient (Wildman–Crippen LogP) is 1.44. The molecule has 90 valence electrons. The lowest BCUT2D eigenvalue weighted by atomic mass is 9.93. The summed E-state index contributed by atoms with van der Waals surface area (Å²) in [7, 11) is 0. The summed E-state index contributed by atoms with van der Waals surface area (Å²) in [5, 5.41) is 17.1. The van der Waals surface area contributed by atoms with Gasteiger partial charge in [-0.2, -0.15) is 9.61 Å². The standard InChI is InChI=1S/C12H16N4O/c17-10-6-4-9(5-7-10)15-12-3-1-2-11-13-8-14-16(11)12/h1-3,8-10,15,17H,4-7H2. The van der Waals surface area contributed by atoms with Crippen molar-refractivity contribution in [1.29, 1.82) is 0 Å². The predicted molar refractivity (Wildman–Crippen MR) is 64.9 cm³/mol. The van der Waals surface area contributed by atoms with Crippen LogP contribution in [-0.2, 0) is 0 Å². The number of anilines is 1. The molecule has 2 heterocycles. The third kappa shape index (κ3) is 2.10. The van der Waals surface area contributed by atoms with Gasteiger partial charge in [0.2, 0.25) is 0 Å². The molecule has 1 saturated carbocycles. The topological polar surface area (TPSA) is 62.5 Å². The molecule has 1 aliphatic carbocycles. The van der Waals surface area contributed by atoms with E-state index < -0.39 is 0 Å². The van der Waals surface area contributed by atoms with Gasteiger partial charge in [0.1, 0.15) is 12.1 Å². The fraction of sp³-hybridized carbons (Fsp3) is 0.500. The number of pyridine rings is 1. The average molecular weight is 232 g/mol. The van der Waals surface area contributed by atoms with Crippen LogP contribution in [0.15, 0.2) is 24.5 Å². The van der Waals surface area contributed by atoms with Crippen molar-refractivity contribution in [3.63, 3.8) is 0 Å². The maximum Gasteiger partial charge on any atom is 0.157 e. The summed E-state index contributed by atoms with van der Waals surface area (Å²) < 4.78 is 1.81. The van der Waals surface area contributed by atoms with Crippen LogP contribution in [0, 0.1) is 0 Å². The third-order valence-electron chi connectivity index (χ3n) is 3.35. The summed E-state index contributed by atoms with van der Waals surface area (Å²) in [5.41, 5.74) is 0.853. The lowest BCUT2D eigenvalue weighted by Gasteiger charge is -2.26. The van der Waals surface area contributed by atoms with Crippen molar-refractivity contribution in [3.05, 3.63) is 24.5 Å². The van der Waals surface area contributed by atoms with E-state index in [0.29, 0.717) is 6.04 Å². The molecule has 0 atom stereocenters. The molecule has 0 spiro atoms. The maximum atomic E-state index is 9.48. The van der Waals surface area contributed by atoms with Crippen molar-refractivity contribution in [2.75, 3.05) is 5.32 Å². The minimum atomic E-state index is -0.116. The van der Waals surface area contributed by atoms with Crippen molar-refractivity contribution < 1.29 is 5.11 Å². The molecule has 5 heteroatoms. The van der Waals surface area contributed by atoms with Gasteiger partial charge in [-0.3, -0.25) is 0 Å². The Bertz CT molecular complexity index is 502. The van der Waals surface area contributed by atoms with Gasteiger partial charge in [0.15, 0.2) is 5.65 Å². The minimum absolute atomic E-state index is 0.116. The minimum Gasteiger partial charge on any atom is -0.393 e. The summed E-state index contributed by atoms with van der Waals surface area (Å²) in [5.74, 6) is 0.974. The Morgan fingerprint density at radius 1 is 1.24 bits per heavy atom. The van der Waals surface area contributed by atoms with Gasteiger partial charge in [-0.15, -0.1) is 0 Å². The highest BCUT2D eigenvalue weighted by Gasteiger charge is 2.19. The Hall–Kier alpha value is -1.62. The molecule has 2 aromatic heterocycles. The van der Waals surface area contributed by atoms with Gasteiger partial charge in [-0.1, -0.05) is 6.07 Å². The monoisotopic (exact) mass is 232 g/mol. The highest BCUT2D eigenvalue weighted by atomic mass is 16.3. The highest BCUT2D eigenvalue weighted by molar-refractivity contribution is 5.48. The van der Waals surface area contributed by atoms with Crippen molar-refractivity contribution in [1.82, 2.24) is 14.6 Å². The largest absolute Gasteiger partial charge is 0.393 e. The van der Waals surface area contributed by atoms with Gasteiger partial charge in [0.05, 0.1) is 6.10 Å². The first-order valence-electron chi connectivity index (χ1n) is 6.06. The van der Waals surface area contributed by atoms with Gasteiger partial charge in [0, 0.05) is 6.04 Å². The molecule has 0 amide bonds. The zero-order valence-corrected chi connectivity index (χ0v) is 9.58. The molecule has 0 aliphatic heterocycles. The first-order valence-corrected chi connectivity index (χ1v) is 6.06. The van der Waals surface area contributed by atoms with E-state index in [4.69, 9.17) is 0 Å². The van der Waals surface area contributed by atoms with E-state index in [1.807, 2.05) is 22.7 Å². The quantitative estimate of drug-likeness (QED) is 0.822. The summed E-state index contributed by atoms with van der Waals surface area (Å²) in [6.07, 6.45) is 5.22. The van der Waals surface area contributed by atoms with E-state index in [0.717, 1.165) is 37.1 Å². The number of hydrogen-bond acceptors (Lipinski definition) is 4. The Morgan fingerprint density at radius 2 is 2.06 bits per heavy atom. The number of nitrogens with zero attached hydrogens (tertiary/aromatic N) is 3. The van der Waals surface area contributed by atoms with E-state index in [-0.39, 0.29) is 6.10 Å². The number of rotatable bonds is 2. The van der Waals surface area contributed by atoms with Crippen molar-refractivity contribution >= 4 is 11.5 Å². The molecule has 0 aromatic carbocycles. The molecule has 0 bridgehead atoms. The van der Waals surface area contributed by atoms with E-state index in [1.165, 1.54) is 0 Å². The van der Waals surface area contributed by atoms with Gasteiger partial charge in [-0.05, 0) is 37.8 Å². The second-order valence-corrected chi connectivity index (χ2v) is 4.59. The second kappa shape index (κ2) is 4.33. The number of aliphatic hydroxyl groups is 1. The lowest BCUT2D eigenvalue weighted by Crippen LogP contribution is -2.29. The third-order valence-corrected chi connectivity index (χ3v) is 3.35. The van der Waals surface area contributed by atoms with Gasteiger partial charge < -0.3 is 10.4 Å². The molecular weight excluding hydrogens is 216 g/mol. The lowest BCUT2D eigenvalue weighted by molar-refractivity contribution is 0.126. The molecule has 17 heavy (non-hydrogen) atoms. The normalized spacial score (nSPS) is 25.0. The Labute approximate surface area is 99.5 Å². The fourth-order valence-corrected chi connectivity index (χ4v) is 2.38. The van der Waals surface area contributed by atoms with Gasteiger partial charge in [-0.25, -0.2) is 4.98 Å². The zero-order valence-electron chi connectivity index (χ0n) is 9.58. The summed E-state index contributed by atoms with van der Waals surface area (Å²) in [6.45, 7) is 0. The van der Waals surface area contributed by atoms with Crippen LogP contribution in [0.25, 0.3) is 5.65 Å². The van der Waals surface area contributed by atoms with E-state index in [1.54, 1.807) is 6.33 Å². The molecule has 3 rings (SSSR count). The van der Waals surface area contributed by atoms with Crippen molar-refractivity contribution in [2.24, 2.45) is 0 Å². The number of fused-ring (bicyclic) bond motifs is 1. The zero-order chi connectivity index (χ0) is 11.7. The van der Waals surface area contributed by atoms with E-state index in [2.05, 4.69) is 15.4 Å². The summed E-state index contributed by atoms with van der Waals surface area (Å²) in [4.78, 5) is 4.16. The number of nitrogens with one attached hydrogen (secondary N) is 1. The molecular formula is C12H16N4O. The van der Waals surface area contributed by atoms with Crippen LogP contribution in [-0.4, -0.2) is 31.9 Å². The maximum absolute atomic E-state index is 9.48. The Balaban J connectivity index is 1.78. The van der Waals surface area contributed by atoms with Crippen LogP contribution in [0.3, 0.4) is 0 Å².